The second-order valence-electron chi connectivity index (χ2n) is 4.27. The highest BCUT2D eigenvalue weighted by Gasteiger charge is 2.11. The number of nitrogens with one attached hydrogen (secondary N) is 1. The van der Waals surface area contributed by atoms with Gasteiger partial charge in [0.1, 0.15) is 5.75 Å². The van der Waals surface area contributed by atoms with Crippen LogP contribution in [0, 0.1) is 0 Å². The first-order chi connectivity index (χ1) is 9.20. The molecular formula is C15H16N2O2. The Kier molecular flexibility index (Phi) is 4.13. The van der Waals surface area contributed by atoms with Gasteiger partial charge in [-0.15, -0.1) is 0 Å². The van der Waals surface area contributed by atoms with Crippen LogP contribution >= 0.6 is 0 Å². The third-order valence-corrected chi connectivity index (χ3v) is 2.75. The van der Waals surface area contributed by atoms with Gasteiger partial charge in [0.25, 0.3) is 5.91 Å². The van der Waals surface area contributed by atoms with Crippen LogP contribution in [0.2, 0.25) is 0 Å². The van der Waals surface area contributed by atoms with Gasteiger partial charge in [-0.25, -0.2) is 4.98 Å². The monoisotopic (exact) mass is 256 g/mol. The molecule has 0 aliphatic rings. The van der Waals surface area contributed by atoms with Gasteiger partial charge >= 0.3 is 0 Å². The molecule has 0 saturated carbocycles. The van der Waals surface area contributed by atoms with E-state index in [1.54, 1.807) is 6.07 Å². The lowest BCUT2D eigenvalue weighted by Crippen LogP contribution is -2.13. The Bertz CT molecular complexity index is 565. The van der Waals surface area contributed by atoms with E-state index in [2.05, 4.69) is 17.2 Å². The summed E-state index contributed by atoms with van der Waals surface area (Å²) in [4.78, 5) is 15.8. The number of anilines is 1. The summed E-state index contributed by atoms with van der Waals surface area (Å²) in [6.45, 7) is 2.12. The van der Waals surface area contributed by atoms with Crippen LogP contribution in [0.25, 0.3) is 0 Å². The molecule has 0 atom stereocenters. The van der Waals surface area contributed by atoms with Crippen molar-refractivity contribution in [2.75, 3.05) is 5.32 Å². The molecule has 0 bridgehead atoms. The number of aryl methyl sites for hydroxylation is 1. The zero-order valence-corrected chi connectivity index (χ0v) is 10.8. The number of rotatable bonds is 4. The highest BCUT2D eigenvalue weighted by molar-refractivity contribution is 6.04. The molecule has 1 aromatic carbocycles. The normalized spacial score (nSPS) is 10.2. The third-order valence-electron chi connectivity index (χ3n) is 2.75. The molecule has 0 aliphatic heterocycles. The first-order valence-corrected chi connectivity index (χ1v) is 6.25. The molecule has 2 rings (SSSR count). The lowest BCUT2D eigenvalue weighted by atomic mass is 10.1. The number of hydrogen-bond acceptors (Lipinski definition) is 3. The molecule has 19 heavy (non-hydrogen) atoms. The minimum atomic E-state index is -0.415. The summed E-state index contributed by atoms with van der Waals surface area (Å²) in [6.07, 6.45) is 3.59. The van der Waals surface area contributed by atoms with Crippen LogP contribution in [0.5, 0.6) is 5.75 Å². The van der Waals surface area contributed by atoms with Gasteiger partial charge < -0.3 is 10.4 Å². The average Bonchev–Trinajstić information content (AvgIpc) is 2.42. The highest BCUT2D eigenvalue weighted by Crippen LogP contribution is 2.16. The fourth-order valence-corrected chi connectivity index (χ4v) is 1.81. The van der Waals surface area contributed by atoms with Crippen LogP contribution in [0.1, 0.15) is 29.4 Å². The second kappa shape index (κ2) is 6.00. The summed E-state index contributed by atoms with van der Waals surface area (Å²) in [6, 6.07) is 10.7. The van der Waals surface area contributed by atoms with Gasteiger partial charge in [0.15, 0.2) is 5.69 Å². The number of aromatic hydroxyl groups is 1. The van der Waals surface area contributed by atoms with E-state index in [0.29, 0.717) is 5.69 Å². The van der Waals surface area contributed by atoms with Crippen molar-refractivity contribution in [2.24, 2.45) is 0 Å². The summed E-state index contributed by atoms with van der Waals surface area (Å²) >= 11 is 0. The quantitative estimate of drug-likeness (QED) is 0.884. The Morgan fingerprint density at radius 1 is 1.26 bits per heavy atom. The maximum Gasteiger partial charge on any atom is 0.278 e. The summed E-state index contributed by atoms with van der Waals surface area (Å²) in [5.41, 5.74) is 1.95. The Morgan fingerprint density at radius 3 is 2.63 bits per heavy atom. The molecule has 0 radical (unpaired) electrons. The molecule has 2 aromatic rings. The number of aromatic nitrogens is 1. The average molecular weight is 256 g/mol. The Labute approximate surface area is 112 Å². The van der Waals surface area contributed by atoms with Crippen LogP contribution in [0.15, 0.2) is 42.6 Å². The van der Waals surface area contributed by atoms with Crippen molar-refractivity contribution in [1.29, 1.82) is 0 Å². The molecule has 0 saturated heterocycles. The molecule has 1 aromatic heterocycles. The summed E-state index contributed by atoms with van der Waals surface area (Å²) in [7, 11) is 0. The van der Waals surface area contributed by atoms with E-state index in [9.17, 15) is 9.90 Å². The Balaban J connectivity index is 2.09. The van der Waals surface area contributed by atoms with Crippen molar-refractivity contribution in [2.45, 2.75) is 19.8 Å². The van der Waals surface area contributed by atoms with Gasteiger partial charge in [0.2, 0.25) is 0 Å². The largest absolute Gasteiger partial charge is 0.505 e. The molecular weight excluding hydrogens is 240 g/mol. The Hall–Kier alpha value is -2.36. The van der Waals surface area contributed by atoms with E-state index < -0.39 is 5.91 Å². The van der Waals surface area contributed by atoms with E-state index in [1.807, 2.05) is 24.3 Å². The third kappa shape index (κ3) is 3.31. The zero-order valence-electron chi connectivity index (χ0n) is 10.8. The zero-order chi connectivity index (χ0) is 13.7. The molecule has 98 valence electrons. The maximum absolute atomic E-state index is 11.9. The molecule has 0 fully saturated rings. The number of pyridine rings is 1. The summed E-state index contributed by atoms with van der Waals surface area (Å²) in [5.74, 6) is -0.538. The first-order valence-electron chi connectivity index (χ1n) is 6.25. The van der Waals surface area contributed by atoms with Crippen molar-refractivity contribution >= 4 is 11.6 Å². The fourth-order valence-electron chi connectivity index (χ4n) is 1.81. The minimum absolute atomic E-state index is 0.0279. The first kappa shape index (κ1) is 13.1. The van der Waals surface area contributed by atoms with E-state index in [4.69, 9.17) is 0 Å². The van der Waals surface area contributed by atoms with Crippen LogP contribution in [-0.4, -0.2) is 16.0 Å². The maximum atomic E-state index is 11.9. The molecule has 0 unspecified atom stereocenters. The van der Waals surface area contributed by atoms with E-state index in [0.717, 1.165) is 12.8 Å². The van der Waals surface area contributed by atoms with E-state index in [-0.39, 0.29) is 11.4 Å². The van der Waals surface area contributed by atoms with Crippen LogP contribution in [-0.2, 0) is 6.42 Å². The van der Waals surface area contributed by atoms with Crippen LogP contribution in [0.4, 0.5) is 5.69 Å². The van der Waals surface area contributed by atoms with Crippen molar-refractivity contribution in [3.8, 4) is 5.75 Å². The van der Waals surface area contributed by atoms with Gasteiger partial charge in [0.05, 0.1) is 0 Å². The lowest BCUT2D eigenvalue weighted by Gasteiger charge is -2.06. The number of carbonyl (C=O) groups is 1. The van der Waals surface area contributed by atoms with Gasteiger partial charge in [-0.1, -0.05) is 25.5 Å². The lowest BCUT2D eigenvalue weighted by molar-refractivity contribution is 0.101. The van der Waals surface area contributed by atoms with Crippen LogP contribution < -0.4 is 5.32 Å². The number of nitrogens with zero attached hydrogens (tertiary/aromatic N) is 1. The molecule has 0 spiro atoms. The SMILES string of the molecule is CCCc1ccc(NC(=O)c2ncccc2O)cc1. The second-order valence-corrected chi connectivity index (χ2v) is 4.27. The number of carbonyl (C=O) groups excluding carboxylic acids is 1. The minimum Gasteiger partial charge on any atom is -0.505 e. The predicted molar refractivity (Wildman–Crippen MR) is 74.3 cm³/mol. The highest BCUT2D eigenvalue weighted by atomic mass is 16.3. The molecule has 4 nitrogen and oxygen atoms in total. The number of hydrogen-bond donors (Lipinski definition) is 2. The van der Waals surface area contributed by atoms with Crippen molar-refractivity contribution in [3.63, 3.8) is 0 Å². The van der Waals surface area contributed by atoms with Gasteiger partial charge in [-0.3, -0.25) is 4.79 Å². The van der Waals surface area contributed by atoms with Crippen molar-refractivity contribution in [3.05, 3.63) is 53.9 Å². The summed E-state index contributed by atoms with van der Waals surface area (Å²) < 4.78 is 0. The van der Waals surface area contributed by atoms with Gasteiger partial charge in [-0.2, -0.15) is 0 Å². The molecule has 0 aliphatic carbocycles. The van der Waals surface area contributed by atoms with Gasteiger partial charge in [-0.05, 0) is 36.2 Å². The number of benzene rings is 1. The molecule has 1 heterocycles. The standard InChI is InChI=1S/C15H16N2O2/c1-2-4-11-6-8-12(9-7-11)17-15(19)14-13(18)5-3-10-16-14/h3,5-10,18H,2,4H2,1H3,(H,17,19). The summed E-state index contributed by atoms with van der Waals surface area (Å²) in [5, 5.41) is 12.3. The van der Waals surface area contributed by atoms with Gasteiger partial charge in [0, 0.05) is 11.9 Å². The van der Waals surface area contributed by atoms with E-state index >= 15 is 0 Å². The molecule has 2 N–H and O–H groups in total. The number of amides is 1. The van der Waals surface area contributed by atoms with Crippen molar-refractivity contribution in [1.82, 2.24) is 4.98 Å². The van der Waals surface area contributed by atoms with E-state index in [1.165, 1.54) is 17.8 Å². The fraction of sp³-hybridized carbons (Fsp3) is 0.200. The molecule has 4 heteroatoms. The van der Waals surface area contributed by atoms with Crippen molar-refractivity contribution < 1.29 is 9.90 Å². The predicted octanol–water partition coefficient (Wildman–Crippen LogP) is 2.99. The smallest absolute Gasteiger partial charge is 0.278 e. The molecule has 1 amide bonds. The van der Waals surface area contributed by atoms with Crippen LogP contribution in [0.3, 0.4) is 0 Å². The topological polar surface area (TPSA) is 62.2 Å². The Morgan fingerprint density at radius 2 is 2.00 bits per heavy atom.